The molecule has 3 heteroatoms. The van der Waals surface area contributed by atoms with Gasteiger partial charge in [-0.2, -0.15) is 0 Å². The van der Waals surface area contributed by atoms with Crippen LogP contribution in [0.3, 0.4) is 0 Å². The predicted octanol–water partition coefficient (Wildman–Crippen LogP) is 3.33. The summed E-state index contributed by atoms with van der Waals surface area (Å²) in [5.41, 5.74) is 0. The second kappa shape index (κ2) is 7.12. The molecular weight excluding hydrogens is 453 g/mol. The molecule has 0 nitrogen and oxygen atoms in total. The van der Waals surface area contributed by atoms with Gasteiger partial charge in [0, 0.05) is 0 Å². The summed E-state index contributed by atoms with van der Waals surface area (Å²) in [7, 11) is 0. The van der Waals surface area contributed by atoms with E-state index in [2.05, 4.69) is 80.5 Å². The quantitative estimate of drug-likeness (QED) is 0.579. The Kier molecular flexibility index (Phi) is 6.73. The molecule has 0 N–H and O–H groups in total. The van der Waals surface area contributed by atoms with Crippen molar-refractivity contribution in [3.05, 3.63) is 18.2 Å². The Hall–Kier alpha value is 0.778. The number of benzene rings is 1. The average Bonchev–Trinajstić information content (AvgIpc) is 2.06. The van der Waals surface area contributed by atoms with Crippen molar-refractivity contribution < 1.29 is 0 Å². The van der Waals surface area contributed by atoms with Gasteiger partial charge in [0.1, 0.15) is 0 Å². The van der Waals surface area contributed by atoms with Crippen LogP contribution in [0.1, 0.15) is 62.3 Å². The molecule has 0 aliphatic carbocycles. The summed E-state index contributed by atoms with van der Waals surface area (Å²) in [6, 6.07) is 7.50. The van der Waals surface area contributed by atoms with Crippen molar-refractivity contribution in [3.63, 3.8) is 0 Å². The summed E-state index contributed by atoms with van der Waals surface area (Å²) in [6.45, 7) is 21.3. The minimum absolute atomic E-state index is 0.423. The molecule has 0 unspecified atom stereocenters. The first-order valence-electron chi connectivity index (χ1n) is 7.46. The zero-order valence-corrected chi connectivity index (χ0v) is 20.1. The van der Waals surface area contributed by atoms with Crippen LogP contribution in [-0.4, -0.2) is 44.9 Å². The van der Waals surface area contributed by atoms with Crippen LogP contribution in [0.4, 0.5) is 0 Å². The van der Waals surface area contributed by atoms with Gasteiger partial charge < -0.3 is 0 Å². The molecule has 21 heavy (non-hydrogen) atoms. The Balaban J connectivity index is 3.13. The molecule has 0 saturated carbocycles. The van der Waals surface area contributed by atoms with E-state index in [0.717, 1.165) is 0 Å². The van der Waals surface area contributed by atoms with Gasteiger partial charge in [0.15, 0.2) is 0 Å². The molecule has 1 rings (SSSR count). The SMILES string of the molecule is CC(C)(C)[Se]c1cc([Se]C(C)(C)C)cc([Se]C(C)(C)C)c1. The fourth-order valence-electron chi connectivity index (χ4n) is 1.78. The van der Waals surface area contributed by atoms with Crippen molar-refractivity contribution in [2.45, 2.75) is 75.3 Å². The minimum atomic E-state index is 0.423. The molecule has 0 aromatic heterocycles. The van der Waals surface area contributed by atoms with Crippen LogP contribution < -0.4 is 13.4 Å². The normalized spacial score (nSPS) is 13.6. The molecule has 0 saturated heterocycles. The maximum atomic E-state index is 2.50. The predicted molar refractivity (Wildman–Crippen MR) is 102 cm³/mol. The van der Waals surface area contributed by atoms with Gasteiger partial charge in [-0.05, 0) is 0 Å². The monoisotopic (exact) mass is 486 g/mol. The van der Waals surface area contributed by atoms with Gasteiger partial charge in [-0.15, -0.1) is 0 Å². The van der Waals surface area contributed by atoms with Crippen LogP contribution in [0.5, 0.6) is 0 Å². The summed E-state index contributed by atoms with van der Waals surface area (Å²) in [4.78, 5) is 0. The fourth-order valence-corrected chi connectivity index (χ4v) is 9.71. The number of hydrogen-bond acceptors (Lipinski definition) is 0. The van der Waals surface area contributed by atoms with Crippen LogP contribution in [0.25, 0.3) is 0 Å². The molecule has 120 valence electrons. The van der Waals surface area contributed by atoms with Crippen molar-refractivity contribution in [1.29, 1.82) is 0 Å². The van der Waals surface area contributed by atoms with E-state index in [-0.39, 0.29) is 0 Å². The fraction of sp³-hybridized carbons (Fsp3) is 0.667. The van der Waals surface area contributed by atoms with E-state index >= 15 is 0 Å². The maximum absolute atomic E-state index is 2.50. The molecule has 0 aliphatic heterocycles. The molecule has 1 aromatic carbocycles. The second-order valence-electron chi connectivity index (χ2n) is 8.28. The van der Waals surface area contributed by atoms with Gasteiger partial charge in [-0.1, -0.05) is 0 Å². The van der Waals surface area contributed by atoms with Crippen LogP contribution in [-0.2, 0) is 0 Å². The number of hydrogen-bond donors (Lipinski definition) is 0. The Morgan fingerprint density at radius 2 is 0.667 bits per heavy atom. The van der Waals surface area contributed by atoms with Crippen LogP contribution in [0, 0.1) is 0 Å². The summed E-state index contributed by atoms with van der Waals surface area (Å²) < 4.78 is 6.06. The van der Waals surface area contributed by atoms with Crippen molar-refractivity contribution in [1.82, 2.24) is 0 Å². The van der Waals surface area contributed by atoms with Crippen molar-refractivity contribution >= 4 is 58.3 Å². The molecule has 0 fully saturated rings. The van der Waals surface area contributed by atoms with Crippen molar-refractivity contribution in [2.75, 3.05) is 0 Å². The van der Waals surface area contributed by atoms with Gasteiger partial charge in [-0.3, -0.25) is 0 Å². The topological polar surface area (TPSA) is 0 Å². The molecule has 0 atom stereocenters. The van der Waals surface area contributed by atoms with Gasteiger partial charge in [-0.25, -0.2) is 0 Å². The molecular formula is C18H30Se3. The molecule has 0 heterocycles. The number of rotatable bonds is 3. The third-order valence-electron chi connectivity index (χ3n) is 2.13. The molecule has 0 aliphatic rings. The standard InChI is InChI=1S/C18H30Se3/c1-16(2,3)19-13-10-14(20-17(4,5)6)12-15(11-13)21-18(7,8)9/h10-12H,1-9H3. The summed E-state index contributed by atoms with van der Waals surface area (Å²) >= 11 is 1.67. The summed E-state index contributed by atoms with van der Waals surface area (Å²) in [6.07, 6.45) is 0. The van der Waals surface area contributed by atoms with E-state index in [1.54, 1.807) is 13.4 Å². The van der Waals surface area contributed by atoms with E-state index in [1.807, 2.05) is 0 Å². The Morgan fingerprint density at radius 3 is 0.810 bits per heavy atom. The van der Waals surface area contributed by atoms with E-state index in [9.17, 15) is 0 Å². The molecule has 0 spiro atoms. The van der Waals surface area contributed by atoms with Crippen LogP contribution in [0.2, 0.25) is 12.9 Å². The molecule has 0 radical (unpaired) electrons. The van der Waals surface area contributed by atoms with Gasteiger partial charge in [0.25, 0.3) is 0 Å². The van der Waals surface area contributed by atoms with E-state index < -0.39 is 0 Å². The Morgan fingerprint density at radius 1 is 0.476 bits per heavy atom. The zero-order valence-electron chi connectivity index (χ0n) is 15.0. The first kappa shape index (κ1) is 19.8. The average molecular weight is 483 g/mol. The summed E-state index contributed by atoms with van der Waals surface area (Å²) in [5.74, 6) is 0. The van der Waals surface area contributed by atoms with E-state index in [4.69, 9.17) is 0 Å². The van der Waals surface area contributed by atoms with E-state index in [1.165, 1.54) is 0 Å². The van der Waals surface area contributed by atoms with Crippen molar-refractivity contribution in [3.8, 4) is 0 Å². The van der Waals surface area contributed by atoms with E-state index in [0.29, 0.717) is 57.8 Å². The first-order valence-corrected chi connectivity index (χ1v) is 12.6. The van der Waals surface area contributed by atoms with Crippen LogP contribution >= 0.6 is 0 Å². The Bertz CT molecular complexity index is 387. The third kappa shape index (κ3) is 9.50. The first-order chi connectivity index (χ1) is 9.23. The summed E-state index contributed by atoms with van der Waals surface area (Å²) in [5, 5.41) is 0. The second-order valence-corrected chi connectivity index (χ2v) is 20.2. The molecule has 1 aromatic rings. The van der Waals surface area contributed by atoms with Gasteiger partial charge >= 0.3 is 152 Å². The zero-order chi connectivity index (χ0) is 16.5. The van der Waals surface area contributed by atoms with Crippen molar-refractivity contribution in [2.24, 2.45) is 0 Å². The molecule has 0 amide bonds. The van der Waals surface area contributed by atoms with Gasteiger partial charge in [0.05, 0.1) is 0 Å². The van der Waals surface area contributed by atoms with Gasteiger partial charge in [0.2, 0.25) is 0 Å². The Labute approximate surface area is 151 Å². The third-order valence-corrected chi connectivity index (χ3v) is 8.95. The molecule has 0 bridgehead atoms. The van der Waals surface area contributed by atoms with Crippen LogP contribution in [0.15, 0.2) is 18.2 Å².